The third-order valence-electron chi connectivity index (χ3n) is 4.07. The Morgan fingerprint density at radius 2 is 2.04 bits per heavy atom. The number of aryl methyl sites for hydroxylation is 2. The average Bonchev–Trinajstić information content (AvgIpc) is 2.91. The second-order valence-electron chi connectivity index (χ2n) is 5.75. The SMILES string of the molecule is Cc1cc(N2CC(CN)OC2=O)c(C)cc1-c1ccc(=O)[nH]c1. The minimum atomic E-state index is -0.361. The molecule has 6 heteroatoms. The Labute approximate surface area is 133 Å². The fourth-order valence-electron chi connectivity index (χ4n) is 2.82. The number of nitrogens with zero attached hydrogens (tertiary/aromatic N) is 1. The van der Waals surface area contributed by atoms with Gasteiger partial charge in [0.1, 0.15) is 6.10 Å². The molecule has 1 unspecified atom stereocenters. The summed E-state index contributed by atoms with van der Waals surface area (Å²) in [4.78, 5) is 27.5. The van der Waals surface area contributed by atoms with E-state index >= 15 is 0 Å². The van der Waals surface area contributed by atoms with Crippen molar-refractivity contribution in [3.05, 3.63) is 51.9 Å². The zero-order valence-corrected chi connectivity index (χ0v) is 13.1. The molecule has 3 N–H and O–H groups in total. The summed E-state index contributed by atoms with van der Waals surface area (Å²) in [5.41, 5.74) is 10.2. The normalized spacial score (nSPS) is 17.4. The molecule has 2 heterocycles. The molecule has 0 aliphatic carbocycles. The lowest BCUT2D eigenvalue weighted by Gasteiger charge is -2.18. The lowest BCUT2D eigenvalue weighted by Crippen LogP contribution is -2.28. The second-order valence-corrected chi connectivity index (χ2v) is 5.75. The highest BCUT2D eigenvalue weighted by Crippen LogP contribution is 2.32. The Morgan fingerprint density at radius 1 is 1.26 bits per heavy atom. The molecule has 2 aromatic rings. The highest BCUT2D eigenvalue weighted by molar-refractivity contribution is 5.91. The van der Waals surface area contributed by atoms with E-state index in [0.29, 0.717) is 13.1 Å². The summed E-state index contributed by atoms with van der Waals surface area (Å²) in [6.07, 6.45) is 1.07. The number of carbonyl (C=O) groups excluding carboxylic acids is 1. The van der Waals surface area contributed by atoms with E-state index in [0.717, 1.165) is 27.9 Å². The number of aromatic amines is 1. The topological polar surface area (TPSA) is 88.4 Å². The van der Waals surface area contributed by atoms with Crippen LogP contribution in [0.4, 0.5) is 10.5 Å². The van der Waals surface area contributed by atoms with Gasteiger partial charge in [-0.1, -0.05) is 0 Å². The summed E-state index contributed by atoms with van der Waals surface area (Å²) in [7, 11) is 0. The zero-order chi connectivity index (χ0) is 16.6. The van der Waals surface area contributed by atoms with Gasteiger partial charge in [0.15, 0.2) is 0 Å². The van der Waals surface area contributed by atoms with E-state index in [4.69, 9.17) is 10.5 Å². The quantitative estimate of drug-likeness (QED) is 0.906. The molecule has 1 saturated heterocycles. The molecule has 0 bridgehead atoms. The fraction of sp³-hybridized carbons (Fsp3) is 0.294. The van der Waals surface area contributed by atoms with Gasteiger partial charge < -0.3 is 15.5 Å². The number of H-pyrrole nitrogens is 1. The van der Waals surface area contributed by atoms with E-state index in [-0.39, 0.29) is 17.8 Å². The number of carbonyl (C=O) groups is 1. The van der Waals surface area contributed by atoms with Crippen molar-refractivity contribution in [1.29, 1.82) is 0 Å². The van der Waals surface area contributed by atoms with Gasteiger partial charge in [0.2, 0.25) is 5.56 Å². The summed E-state index contributed by atoms with van der Waals surface area (Å²) in [6.45, 7) is 4.71. The Bertz CT molecular complexity index is 793. The molecule has 1 amide bonds. The van der Waals surface area contributed by atoms with Crippen LogP contribution in [0, 0.1) is 13.8 Å². The van der Waals surface area contributed by atoms with Crippen molar-refractivity contribution in [3.8, 4) is 11.1 Å². The van der Waals surface area contributed by atoms with Crippen LogP contribution >= 0.6 is 0 Å². The Morgan fingerprint density at radius 3 is 2.65 bits per heavy atom. The number of pyridine rings is 1. The van der Waals surface area contributed by atoms with Crippen LogP contribution in [0.15, 0.2) is 35.3 Å². The maximum atomic E-state index is 12.0. The number of benzene rings is 1. The lowest BCUT2D eigenvalue weighted by atomic mass is 9.98. The third-order valence-corrected chi connectivity index (χ3v) is 4.07. The minimum absolute atomic E-state index is 0.132. The van der Waals surface area contributed by atoms with Gasteiger partial charge in [-0.05, 0) is 54.3 Å². The van der Waals surface area contributed by atoms with Gasteiger partial charge in [0, 0.05) is 18.8 Å². The van der Waals surface area contributed by atoms with Crippen LogP contribution in [0.25, 0.3) is 11.1 Å². The maximum Gasteiger partial charge on any atom is 0.414 e. The van der Waals surface area contributed by atoms with Crippen molar-refractivity contribution in [2.75, 3.05) is 18.0 Å². The minimum Gasteiger partial charge on any atom is -0.443 e. The molecule has 0 radical (unpaired) electrons. The number of amides is 1. The van der Waals surface area contributed by atoms with Gasteiger partial charge in [-0.3, -0.25) is 9.69 Å². The van der Waals surface area contributed by atoms with Crippen LogP contribution < -0.4 is 16.2 Å². The summed E-state index contributed by atoms with van der Waals surface area (Å²) >= 11 is 0. The van der Waals surface area contributed by atoms with E-state index in [1.165, 1.54) is 6.07 Å². The summed E-state index contributed by atoms with van der Waals surface area (Å²) in [6, 6.07) is 7.27. The number of rotatable bonds is 3. The monoisotopic (exact) mass is 313 g/mol. The second kappa shape index (κ2) is 5.89. The molecule has 6 nitrogen and oxygen atoms in total. The number of aromatic nitrogens is 1. The molecule has 1 aromatic carbocycles. The van der Waals surface area contributed by atoms with Gasteiger partial charge in [-0.15, -0.1) is 0 Å². The Hall–Kier alpha value is -2.60. The van der Waals surface area contributed by atoms with Crippen LogP contribution in [0.3, 0.4) is 0 Å². The molecule has 1 fully saturated rings. The first-order valence-corrected chi connectivity index (χ1v) is 7.48. The van der Waals surface area contributed by atoms with Crippen molar-refractivity contribution >= 4 is 11.8 Å². The number of cyclic esters (lactones) is 1. The van der Waals surface area contributed by atoms with E-state index in [2.05, 4.69) is 4.98 Å². The van der Waals surface area contributed by atoms with Crippen LogP contribution in [0.1, 0.15) is 11.1 Å². The van der Waals surface area contributed by atoms with E-state index in [9.17, 15) is 9.59 Å². The first-order valence-electron chi connectivity index (χ1n) is 7.48. The van der Waals surface area contributed by atoms with Crippen LogP contribution in [-0.2, 0) is 4.74 Å². The van der Waals surface area contributed by atoms with Crippen molar-refractivity contribution < 1.29 is 9.53 Å². The molecule has 1 aliphatic heterocycles. The fourth-order valence-corrected chi connectivity index (χ4v) is 2.82. The molecule has 3 rings (SSSR count). The van der Waals surface area contributed by atoms with Gasteiger partial charge in [-0.25, -0.2) is 4.79 Å². The molecule has 0 saturated carbocycles. The largest absolute Gasteiger partial charge is 0.443 e. The van der Waals surface area contributed by atoms with E-state index < -0.39 is 0 Å². The summed E-state index contributed by atoms with van der Waals surface area (Å²) in [5.74, 6) is 0. The van der Waals surface area contributed by atoms with E-state index in [1.807, 2.05) is 26.0 Å². The third kappa shape index (κ3) is 2.85. The highest BCUT2D eigenvalue weighted by Gasteiger charge is 2.32. The molecule has 1 aliphatic rings. The van der Waals surface area contributed by atoms with E-state index in [1.54, 1.807) is 17.2 Å². The van der Waals surface area contributed by atoms with Crippen LogP contribution in [0.5, 0.6) is 0 Å². The van der Waals surface area contributed by atoms with Crippen molar-refractivity contribution in [1.82, 2.24) is 4.98 Å². The molecule has 1 aromatic heterocycles. The zero-order valence-electron chi connectivity index (χ0n) is 13.1. The van der Waals surface area contributed by atoms with Crippen LogP contribution in [-0.4, -0.2) is 30.3 Å². The first kappa shape index (κ1) is 15.3. The molecular weight excluding hydrogens is 294 g/mol. The molecule has 120 valence electrons. The summed E-state index contributed by atoms with van der Waals surface area (Å²) in [5, 5.41) is 0. The standard InChI is InChI=1S/C17H19N3O3/c1-10-6-15(20-9-13(7-18)23-17(20)22)11(2)5-14(10)12-3-4-16(21)19-8-12/h3-6,8,13H,7,9,18H2,1-2H3,(H,19,21). The molecule has 1 atom stereocenters. The smallest absolute Gasteiger partial charge is 0.414 e. The molecular formula is C17H19N3O3. The Balaban J connectivity index is 1.99. The predicted octanol–water partition coefficient (Wildman–Crippen LogP) is 1.94. The molecule has 0 spiro atoms. The predicted molar refractivity (Wildman–Crippen MR) is 88.6 cm³/mol. The van der Waals surface area contributed by atoms with Gasteiger partial charge in [0.25, 0.3) is 0 Å². The number of hydrogen-bond acceptors (Lipinski definition) is 4. The highest BCUT2D eigenvalue weighted by atomic mass is 16.6. The van der Waals surface area contributed by atoms with Gasteiger partial charge >= 0.3 is 6.09 Å². The Kier molecular flexibility index (Phi) is 3.92. The van der Waals surface area contributed by atoms with Gasteiger partial charge in [-0.2, -0.15) is 0 Å². The van der Waals surface area contributed by atoms with Gasteiger partial charge in [0.05, 0.1) is 12.2 Å². The molecule has 23 heavy (non-hydrogen) atoms. The van der Waals surface area contributed by atoms with Crippen LogP contribution in [0.2, 0.25) is 0 Å². The number of hydrogen-bond donors (Lipinski definition) is 2. The number of anilines is 1. The van der Waals surface area contributed by atoms with Crippen molar-refractivity contribution in [3.63, 3.8) is 0 Å². The lowest BCUT2D eigenvalue weighted by molar-refractivity contribution is 0.145. The number of nitrogens with one attached hydrogen (secondary N) is 1. The summed E-state index contributed by atoms with van der Waals surface area (Å²) < 4.78 is 5.22. The first-order chi connectivity index (χ1) is 11.0. The van der Waals surface area contributed by atoms with Crippen molar-refractivity contribution in [2.24, 2.45) is 5.73 Å². The average molecular weight is 313 g/mol. The number of ether oxygens (including phenoxy) is 1. The maximum absolute atomic E-state index is 12.0. The number of nitrogens with two attached hydrogens (primary N) is 1. The van der Waals surface area contributed by atoms with Crippen molar-refractivity contribution in [2.45, 2.75) is 20.0 Å².